The summed E-state index contributed by atoms with van der Waals surface area (Å²) < 4.78 is 35.1. The lowest BCUT2D eigenvalue weighted by atomic mass is 10.1. The molecule has 0 amide bonds. The van der Waals surface area contributed by atoms with Crippen molar-refractivity contribution in [1.29, 1.82) is 0 Å². The number of aliphatic hydroxyl groups is 2. The monoisotopic (exact) mass is 216 g/mol. The maximum absolute atomic E-state index is 11.7. The minimum atomic E-state index is -4.74. The molecule has 2 N–H and O–H groups in total. The third-order valence-electron chi connectivity index (χ3n) is 1.55. The molecule has 0 aromatic heterocycles. The van der Waals surface area contributed by atoms with Gasteiger partial charge in [0, 0.05) is 11.5 Å². The Balaban J connectivity index is 2.98. The number of halogens is 3. The summed E-state index contributed by atoms with van der Waals surface area (Å²) in [7, 11) is 0. The van der Waals surface area contributed by atoms with Gasteiger partial charge in [0.1, 0.15) is 0 Å². The molecule has 80 valence electrons. The molecule has 0 atom stereocenters. The van der Waals surface area contributed by atoms with E-state index in [1.165, 1.54) is 30.2 Å². The Hall–Kier alpha value is -1.51. The molecule has 0 aliphatic rings. The summed E-state index contributed by atoms with van der Waals surface area (Å²) >= 11 is 0. The summed E-state index contributed by atoms with van der Waals surface area (Å²) in [4.78, 5) is 0. The van der Waals surface area contributed by atoms with Gasteiger partial charge in [0.05, 0.1) is 0 Å². The number of benzene rings is 1. The molecule has 0 aliphatic heterocycles. The first-order chi connectivity index (χ1) is 6.81. The first kappa shape index (κ1) is 11.6. The smallest absolute Gasteiger partial charge is 0.352 e. The van der Waals surface area contributed by atoms with Gasteiger partial charge in [0.15, 0.2) is 0 Å². The second kappa shape index (κ2) is 3.93. The van der Waals surface area contributed by atoms with Crippen LogP contribution in [0, 0.1) is 11.8 Å². The van der Waals surface area contributed by atoms with Crippen molar-refractivity contribution in [2.45, 2.75) is 12.0 Å². The van der Waals surface area contributed by atoms with E-state index in [0.717, 1.165) is 5.92 Å². The summed E-state index contributed by atoms with van der Waals surface area (Å²) in [6, 6.07) is 7.06. The first-order valence-corrected chi connectivity index (χ1v) is 3.92. The quantitative estimate of drug-likeness (QED) is 0.550. The highest BCUT2D eigenvalue weighted by molar-refractivity contribution is 5.28. The molecular formula is C10H7F3O2. The second-order valence-corrected chi connectivity index (χ2v) is 2.79. The minimum absolute atomic E-state index is 0.109. The number of alkyl halides is 3. The summed E-state index contributed by atoms with van der Waals surface area (Å²) in [5.41, 5.74) is -0.109. The van der Waals surface area contributed by atoms with Crippen LogP contribution in [0.5, 0.6) is 0 Å². The highest BCUT2D eigenvalue weighted by Gasteiger charge is 2.28. The average Bonchev–Trinajstić information content (AvgIpc) is 2.16. The van der Waals surface area contributed by atoms with Crippen LogP contribution in [-0.4, -0.2) is 16.4 Å². The second-order valence-electron chi connectivity index (χ2n) is 2.79. The zero-order chi connectivity index (χ0) is 11.5. The average molecular weight is 216 g/mol. The van der Waals surface area contributed by atoms with Gasteiger partial charge in [-0.15, -0.1) is 0 Å². The number of hydrogen-bond donors (Lipinski definition) is 2. The van der Waals surface area contributed by atoms with Crippen LogP contribution in [0.15, 0.2) is 30.3 Å². The molecule has 0 bridgehead atoms. The lowest BCUT2D eigenvalue weighted by Crippen LogP contribution is -2.23. The molecule has 0 unspecified atom stereocenters. The molecule has 2 nitrogen and oxygen atoms in total. The predicted molar refractivity (Wildman–Crippen MR) is 46.4 cm³/mol. The Bertz CT molecular complexity index is 385. The topological polar surface area (TPSA) is 40.5 Å². The predicted octanol–water partition coefficient (Wildman–Crippen LogP) is 1.39. The third-order valence-corrected chi connectivity index (χ3v) is 1.55. The van der Waals surface area contributed by atoms with E-state index in [0.29, 0.717) is 0 Å². The van der Waals surface area contributed by atoms with Crippen molar-refractivity contribution < 1.29 is 23.4 Å². The Labute approximate surface area is 84.0 Å². The summed E-state index contributed by atoms with van der Waals surface area (Å²) in [5.74, 6) is -0.619. The Morgan fingerprint density at radius 2 is 1.47 bits per heavy atom. The summed E-state index contributed by atoms with van der Waals surface area (Å²) in [6.07, 6.45) is -4.74. The van der Waals surface area contributed by atoms with E-state index >= 15 is 0 Å². The molecule has 0 saturated carbocycles. The molecule has 1 aromatic rings. The lowest BCUT2D eigenvalue weighted by Gasteiger charge is -2.14. The maximum atomic E-state index is 11.7. The molecular weight excluding hydrogens is 209 g/mol. The van der Waals surface area contributed by atoms with Gasteiger partial charge in [-0.1, -0.05) is 30.3 Å². The molecule has 0 aliphatic carbocycles. The van der Waals surface area contributed by atoms with Crippen LogP contribution in [0.1, 0.15) is 5.56 Å². The molecule has 0 heterocycles. The van der Waals surface area contributed by atoms with Gasteiger partial charge in [-0.05, 0) is 5.92 Å². The van der Waals surface area contributed by atoms with Gasteiger partial charge in [-0.25, -0.2) is 0 Å². The van der Waals surface area contributed by atoms with E-state index in [9.17, 15) is 23.4 Å². The fourth-order valence-electron chi connectivity index (χ4n) is 0.901. The number of hydrogen-bond acceptors (Lipinski definition) is 2. The molecule has 0 fully saturated rings. The van der Waals surface area contributed by atoms with Crippen LogP contribution >= 0.6 is 0 Å². The van der Waals surface area contributed by atoms with Gasteiger partial charge < -0.3 is 10.2 Å². The minimum Gasteiger partial charge on any atom is -0.352 e. The van der Waals surface area contributed by atoms with Crippen molar-refractivity contribution in [1.82, 2.24) is 0 Å². The standard InChI is InChI=1S/C10H7F3O2/c11-10(12,13)7-6-9(14,15)8-4-2-1-3-5-8/h1-5,14-15H. The van der Waals surface area contributed by atoms with E-state index in [2.05, 4.69) is 0 Å². The Kier molecular flexibility index (Phi) is 3.03. The van der Waals surface area contributed by atoms with Crippen LogP contribution in [0.4, 0.5) is 13.2 Å². The fraction of sp³-hybridized carbons (Fsp3) is 0.200. The van der Waals surface area contributed by atoms with Crippen LogP contribution in [-0.2, 0) is 5.79 Å². The van der Waals surface area contributed by atoms with Crippen molar-refractivity contribution in [2.24, 2.45) is 0 Å². The zero-order valence-electron chi connectivity index (χ0n) is 7.42. The van der Waals surface area contributed by atoms with E-state index in [1.54, 1.807) is 6.07 Å². The molecule has 5 heteroatoms. The van der Waals surface area contributed by atoms with Crippen molar-refractivity contribution in [3.63, 3.8) is 0 Å². The molecule has 0 saturated heterocycles. The van der Waals surface area contributed by atoms with Gasteiger partial charge in [-0.2, -0.15) is 13.2 Å². The normalized spacial score (nSPS) is 11.8. The van der Waals surface area contributed by atoms with Crippen molar-refractivity contribution >= 4 is 0 Å². The largest absolute Gasteiger partial charge is 0.457 e. The highest BCUT2D eigenvalue weighted by Crippen LogP contribution is 2.18. The van der Waals surface area contributed by atoms with E-state index in [1.807, 2.05) is 0 Å². The fourth-order valence-corrected chi connectivity index (χ4v) is 0.901. The van der Waals surface area contributed by atoms with Crippen molar-refractivity contribution in [2.75, 3.05) is 0 Å². The molecule has 1 rings (SSSR count). The summed E-state index contributed by atoms with van der Waals surface area (Å²) in [6.45, 7) is 0. The Morgan fingerprint density at radius 1 is 0.933 bits per heavy atom. The van der Waals surface area contributed by atoms with Crippen LogP contribution in [0.25, 0.3) is 0 Å². The van der Waals surface area contributed by atoms with Gasteiger partial charge in [-0.3, -0.25) is 0 Å². The first-order valence-electron chi connectivity index (χ1n) is 3.92. The Morgan fingerprint density at radius 3 is 1.93 bits per heavy atom. The van der Waals surface area contributed by atoms with E-state index in [-0.39, 0.29) is 5.56 Å². The van der Waals surface area contributed by atoms with E-state index in [4.69, 9.17) is 0 Å². The van der Waals surface area contributed by atoms with Gasteiger partial charge in [0.25, 0.3) is 5.79 Å². The molecule has 0 spiro atoms. The van der Waals surface area contributed by atoms with Crippen LogP contribution in [0.2, 0.25) is 0 Å². The number of rotatable bonds is 1. The van der Waals surface area contributed by atoms with Crippen LogP contribution < -0.4 is 0 Å². The maximum Gasteiger partial charge on any atom is 0.457 e. The van der Waals surface area contributed by atoms with E-state index < -0.39 is 12.0 Å². The van der Waals surface area contributed by atoms with Crippen molar-refractivity contribution in [3.05, 3.63) is 35.9 Å². The van der Waals surface area contributed by atoms with Crippen molar-refractivity contribution in [3.8, 4) is 11.8 Å². The zero-order valence-corrected chi connectivity index (χ0v) is 7.42. The SMILES string of the molecule is OC(O)(C#CC(F)(F)F)c1ccccc1. The highest BCUT2D eigenvalue weighted by atomic mass is 19.4. The molecule has 1 aromatic carbocycles. The van der Waals surface area contributed by atoms with Crippen LogP contribution in [0.3, 0.4) is 0 Å². The lowest BCUT2D eigenvalue weighted by molar-refractivity contribution is -0.118. The van der Waals surface area contributed by atoms with Gasteiger partial charge in [0.2, 0.25) is 0 Å². The molecule has 15 heavy (non-hydrogen) atoms. The third kappa shape index (κ3) is 3.62. The summed E-state index contributed by atoms with van der Waals surface area (Å²) in [5, 5.41) is 18.5. The molecule has 0 radical (unpaired) electrons. The van der Waals surface area contributed by atoms with Gasteiger partial charge >= 0.3 is 6.18 Å².